The molecule has 1 saturated carbocycles. The number of carbonyl (C=O) groups is 2. The van der Waals surface area contributed by atoms with Crippen LogP contribution in [-0.4, -0.2) is 44.4 Å². The van der Waals surface area contributed by atoms with E-state index in [1.54, 1.807) is 13.2 Å². The molecule has 32 heavy (non-hydrogen) atoms. The van der Waals surface area contributed by atoms with Gasteiger partial charge in [-0.2, -0.15) is 0 Å². The number of benzene rings is 2. The van der Waals surface area contributed by atoms with Gasteiger partial charge in [-0.1, -0.05) is 43.5 Å². The summed E-state index contributed by atoms with van der Waals surface area (Å²) < 4.78 is 11.0. The zero-order chi connectivity index (χ0) is 22.6. The molecule has 2 amide bonds. The molecule has 172 valence electrons. The fourth-order valence-corrected chi connectivity index (χ4v) is 4.66. The SMILES string of the molecule is COc1ccccc1OCCNC(=O)c1ccccc1SCC(=O)NCC1CCCCC1. The van der Waals surface area contributed by atoms with Crippen molar-refractivity contribution in [3.8, 4) is 11.5 Å². The lowest BCUT2D eigenvalue weighted by Gasteiger charge is -2.21. The fourth-order valence-electron chi connectivity index (χ4n) is 3.78. The zero-order valence-corrected chi connectivity index (χ0v) is 19.4. The van der Waals surface area contributed by atoms with E-state index in [1.165, 1.54) is 43.9 Å². The Morgan fingerprint density at radius 2 is 1.69 bits per heavy atom. The lowest BCUT2D eigenvalue weighted by atomic mass is 9.89. The van der Waals surface area contributed by atoms with Crippen LogP contribution >= 0.6 is 11.8 Å². The van der Waals surface area contributed by atoms with Crippen LogP contribution in [-0.2, 0) is 4.79 Å². The largest absolute Gasteiger partial charge is 0.493 e. The number of hydrogen-bond donors (Lipinski definition) is 2. The molecule has 0 aromatic heterocycles. The third-order valence-corrected chi connectivity index (χ3v) is 6.59. The normalized spacial score (nSPS) is 13.9. The molecule has 0 aliphatic heterocycles. The smallest absolute Gasteiger partial charge is 0.252 e. The van der Waals surface area contributed by atoms with Gasteiger partial charge in [0.05, 0.1) is 25.0 Å². The molecular weight excluding hydrogens is 424 g/mol. The van der Waals surface area contributed by atoms with Gasteiger partial charge >= 0.3 is 0 Å². The van der Waals surface area contributed by atoms with Crippen molar-refractivity contribution in [2.75, 3.05) is 32.6 Å². The standard InChI is InChI=1S/C25H32N2O4S/c1-30-21-12-6-7-13-22(21)31-16-15-26-25(29)20-11-5-8-14-23(20)32-18-24(28)27-17-19-9-3-2-4-10-19/h5-8,11-14,19H,2-4,9-10,15-18H2,1H3,(H,26,29)(H,27,28). The highest BCUT2D eigenvalue weighted by atomic mass is 32.2. The maximum absolute atomic E-state index is 12.7. The van der Waals surface area contributed by atoms with E-state index in [0.717, 1.165) is 11.4 Å². The van der Waals surface area contributed by atoms with Crippen LogP contribution in [0.3, 0.4) is 0 Å². The highest BCUT2D eigenvalue weighted by molar-refractivity contribution is 8.00. The molecule has 6 nitrogen and oxygen atoms in total. The van der Waals surface area contributed by atoms with Gasteiger partial charge in [0.1, 0.15) is 6.61 Å². The number of nitrogens with one attached hydrogen (secondary N) is 2. The van der Waals surface area contributed by atoms with E-state index in [0.29, 0.717) is 41.9 Å². The molecule has 1 aliphatic rings. The Morgan fingerprint density at radius 1 is 0.969 bits per heavy atom. The van der Waals surface area contributed by atoms with Crippen molar-refractivity contribution >= 4 is 23.6 Å². The Kier molecular flexibility index (Phi) is 9.75. The van der Waals surface area contributed by atoms with E-state index in [-0.39, 0.29) is 11.8 Å². The summed E-state index contributed by atoms with van der Waals surface area (Å²) in [5.41, 5.74) is 0.565. The second kappa shape index (κ2) is 13.0. The van der Waals surface area contributed by atoms with Crippen LogP contribution < -0.4 is 20.1 Å². The Bertz CT molecular complexity index is 884. The second-order valence-electron chi connectivity index (χ2n) is 7.85. The summed E-state index contributed by atoms with van der Waals surface area (Å²) in [5, 5.41) is 5.94. The zero-order valence-electron chi connectivity index (χ0n) is 18.6. The summed E-state index contributed by atoms with van der Waals surface area (Å²) in [7, 11) is 1.59. The Balaban J connectivity index is 1.43. The van der Waals surface area contributed by atoms with Crippen LogP contribution in [0.1, 0.15) is 42.5 Å². The molecule has 7 heteroatoms. The second-order valence-corrected chi connectivity index (χ2v) is 8.87. The number of hydrogen-bond acceptors (Lipinski definition) is 5. The van der Waals surface area contributed by atoms with Crippen molar-refractivity contribution in [3.05, 3.63) is 54.1 Å². The number of thioether (sulfide) groups is 1. The summed E-state index contributed by atoms with van der Waals surface area (Å²) in [6.45, 7) is 1.44. The van der Waals surface area contributed by atoms with Crippen LogP contribution in [0.15, 0.2) is 53.4 Å². The summed E-state index contributed by atoms with van der Waals surface area (Å²) in [4.78, 5) is 25.7. The van der Waals surface area contributed by atoms with E-state index in [9.17, 15) is 9.59 Å². The molecule has 1 fully saturated rings. The molecule has 0 atom stereocenters. The third-order valence-electron chi connectivity index (χ3n) is 5.52. The lowest BCUT2D eigenvalue weighted by molar-refractivity contribution is -0.118. The van der Waals surface area contributed by atoms with E-state index >= 15 is 0 Å². The average Bonchev–Trinajstić information content (AvgIpc) is 2.85. The summed E-state index contributed by atoms with van der Waals surface area (Å²) >= 11 is 1.39. The number of carbonyl (C=O) groups excluding carboxylic acids is 2. The molecule has 0 heterocycles. The van der Waals surface area contributed by atoms with Crippen molar-refractivity contribution < 1.29 is 19.1 Å². The van der Waals surface area contributed by atoms with Crippen molar-refractivity contribution in [1.82, 2.24) is 10.6 Å². The number of methoxy groups -OCH3 is 1. The lowest BCUT2D eigenvalue weighted by Crippen LogP contribution is -2.31. The molecule has 0 saturated heterocycles. The van der Waals surface area contributed by atoms with Gasteiger partial charge < -0.3 is 20.1 Å². The third kappa shape index (κ3) is 7.48. The minimum absolute atomic E-state index is 0.0148. The first kappa shape index (κ1) is 24.0. The number of para-hydroxylation sites is 2. The molecule has 2 N–H and O–H groups in total. The Morgan fingerprint density at radius 3 is 2.47 bits per heavy atom. The monoisotopic (exact) mass is 456 g/mol. The minimum Gasteiger partial charge on any atom is -0.493 e. The Hall–Kier alpha value is -2.67. The summed E-state index contributed by atoms with van der Waals surface area (Å²) in [5.74, 6) is 2.03. The maximum atomic E-state index is 12.7. The van der Waals surface area contributed by atoms with Gasteiger partial charge in [0.2, 0.25) is 5.91 Å². The quantitative estimate of drug-likeness (QED) is 0.390. The molecule has 1 aliphatic carbocycles. The van der Waals surface area contributed by atoms with Crippen molar-refractivity contribution in [2.45, 2.75) is 37.0 Å². The van der Waals surface area contributed by atoms with Crippen molar-refractivity contribution in [2.24, 2.45) is 5.92 Å². The average molecular weight is 457 g/mol. The first-order chi connectivity index (χ1) is 15.7. The van der Waals surface area contributed by atoms with E-state index in [1.807, 2.05) is 42.5 Å². The van der Waals surface area contributed by atoms with E-state index in [2.05, 4.69) is 10.6 Å². The van der Waals surface area contributed by atoms with Gasteiger partial charge in [-0.3, -0.25) is 9.59 Å². The predicted octanol–water partition coefficient (Wildman–Crippen LogP) is 4.29. The highest BCUT2D eigenvalue weighted by Crippen LogP contribution is 2.26. The van der Waals surface area contributed by atoms with Crippen molar-refractivity contribution in [3.63, 3.8) is 0 Å². The fraction of sp³-hybridized carbons (Fsp3) is 0.440. The molecule has 2 aromatic rings. The van der Waals surface area contributed by atoms with Crippen molar-refractivity contribution in [1.29, 1.82) is 0 Å². The van der Waals surface area contributed by atoms with E-state index in [4.69, 9.17) is 9.47 Å². The van der Waals surface area contributed by atoms with Gasteiger partial charge in [-0.25, -0.2) is 0 Å². The summed E-state index contributed by atoms with van der Waals surface area (Å²) in [6, 6.07) is 14.8. The van der Waals surface area contributed by atoms with Crippen LogP contribution in [0.25, 0.3) is 0 Å². The highest BCUT2D eigenvalue weighted by Gasteiger charge is 2.16. The maximum Gasteiger partial charge on any atom is 0.252 e. The predicted molar refractivity (Wildman–Crippen MR) is 128 cm³/mol. The van der Waals surface area contributed by atoms with Crippen LogP contribution in [0.2, 0.25) is 0 Å². The number of amides is 2. The van der Waals surface area contributed by atoms with E-state index < -0.39 is 0 Å². The molecule has 0 spiro atoms. The molecule has 0 unspecified atom stereocenters. The van der Waals surface area contributed by atoms with Crippen LogP contribution in [0, 0.1) is 5.92 Å². The van der Waals surface area contributed by atoms with Gasteiger partial charge in [0.15, 0.2) is 11.5 Å². The van der Waals surface area contributed by atoms with Crippen LogP contribution in [0.4, 0.5) is 0 Å². The van der Waals surface area contributed by atoms with Gasteiger partial charge in [-0.05, 0) is 43.0 Å². The first-order valence-electron chi connectivity index (χ1n) is 11.2. The molecule has 0 radical (unpaired) electrons. The molecular formula is C25H32N2O4S. The minimum atomic E-state index is -0.181. The molecule has 3 rings (SSSR count). The molecule has 0 bridgehead atoms. The summed E-state index contributed by atoms with van der Waals surface area (Å²) in [6.07, 6.45) is 6.25. The van der Waals surface area contributed by atoms with Crippen LogP contribution in [0.5, 0.6) is 11.5 Å². The first-order valence-corrected chi connectivity index (χ1v) is 12.2. The topological polar surface area (TPSA) is 76.7 Å². The van der Waals surface area contributed by atoms with Gasteiger partial charge in [-0.15, -0.1) is 11.8 Å². The number of ether oxygens (including phenoxy) is 2. The van der Waals surface area contributed by atoms with Gasteiger partial charge in [0.25, 0.3) is 5.91 Å². The number of rotatable bonds is 11. The molecule has 2 aromatic carbocycles. The Labute approximate surface area is 194 Å². The van der Waals surface area contributed by atoms with Gasteiger partial charge in [0, 0.05) is 11.4 Å².